The van der Waals surface area contributed by atoms with Gasteiger partial charge in [0.2, 0.25) is 0 Å². The van der Waals surface area contributed by atoms with Gasteiger partial charge >= 0.3 is 0 Å². The van der Waals surface area contributed by atoms with Crippen molar-refractivity contribution in [2.24, 2.45) is 0 Å². The Kier molecular flexibility index (Phi) is 5.31. The van der Waals surface area contributed by atoms with E-state index >= 15 is 0 Å². The van der Waals surface area contributed by atoms with Gasteiger partial charge in [-0.3, -0.25) is 0 Å². The number of nitrogens with zero attached hydrogens (tertiary/aromatic N) is 3. The molecule has 0 saturated heterocycles. The summed E-state index contributed by atoms with van der Waals surface area (Å²) in [6.07, 6.45) is 2.36. The first-order valence-electron chi connectivity index (χ1n) is 7.74. The second kappa shape index (κ2) is 7.04. The lowest BCUT2D eigenvalue weighted by molar-refractivity contribution is 0.246. The van der Waals surface area contributed by atoms with Gasteiger partial charge in [0.15, 0.2) is 0 Å². The molecule has 0 aliphatic rings. The van der Waals surface area contributed by atoms with Gasteiger partial charge < -0.3 is 10.0 Å². The first-order valence-corrected chi connectivity index (χ1v) is 7.74. The van der Waals surface area contributed by atoms with Crippen molar-refractivity contribution in [3.05, 3.63) is 53.4 Å². The zero-order valence-corrected chi connectivity index (χ0v) is 14.2. The predicted octanol–water partition coefficient (Wildman–Crippen LogP) is 3.01. The molecule has 124 valence electrons. The Morgan fingerprint density at radius 3 is 2.65 bits per heavy atom. The maximum absolute atomic E-state index is 13.6. The molecule has 1 N–H and O–H groups in total. The van der Waals surface area contributed by atoms with Crippen molar-refractivity contribution in [3.63, 3.8) is 0 Å². The minimum Gasteiger partial charge on any atom is -0.396 e. The van der Waals surface area contributed by atoms with Crippen molar-refractivity contribution < 1.29 is 9.50 Å². The van der Waals surface area contributed by atoms with E-state index in [1.54, 1.807) is 12.1 Å². The molecule has 1 atom stereocenters. The molecule has 1 aromatic heterocycles. The lowest BCUT2D eigenvalue weighted by atomic mass is 9.79. The molecule has 0 amide bonds. The molecule has 2 rings (SSSR count). The Labute approximate surface area is 137 Å². The molecule has 5 heteroatoms. The summed E-state index contributed by atoms with van der Waals surface area (Å²) in [6.45, 7) is 6.53. The fourth-order valence-electron chi connectivity index (χ4n) is 2.99. The Morgan fingerprint density at radius 1 is 1.30 bits per heavy atom. The molecule has 0 unspecified atom stereocenters. The summed E-state index contributed by atoms with van der Waals surface area (Å²) in [6, 6.07) is 6.60. The highest BCUT2D eigenvalue weighted by atomic mass is 19.1. The van der Waals surface area contributed by atoms with Gasteiger partial charge in [-0.1, -0.05) is 19.1 Å². The maximum Gasteiger partial charge on any atom is 0.125 e. The van der Waals surface area contributed by atoms with Gasteiger partial charge in [-0.2, -0.15) is 0 Å². The fraction of sp³-hybridized carbons (Fsp3) is 0.444. The van der Waals surface area contributed by atoms with Gasteiger partial charge in [0.05, 0.1) is 17.6 Å². The lowest BCUT2D eigenvalue weighted by Crippen LogP contribution is -2.38. The second-order valence-corrected chi connectivity index (χ2v) is 6.29. The van der Waals surface area contributed by atoms with Crippen molar-refractivity contribution >= 4 is 5.69 Å². The van der Waals surface area contributed by atoms with E-state index in [2.05, 4.69) is 14.9 Å². The first-order chi connectivity index (χ1) is 10.9. The van der Waals surface area contributed by atoms with E-state index < -0.39 is 0 Å². The molecule has 1 aromatic carbocycles. The summed E-state index contributed by atoms with van der Waals surface area (Å²) >= 11 is 0. The number of anilines is 1. The number of halogens is 1. The van der Waals surface area contributed by atoms with Crippen LogP contribution in [0.4, 0.5) is 10.1 Å². The van der Waals surface area contributed by atoms with Gasteiger partial charge in [0.25, 0.3) is 0 Å². The highest BCUT2D eigenvalue weighted by molar-refractivity contribution is 5.48. The van der Waals surface area contributed by atoms with Crippen LogP contribution in [0.5, 0.6) is 0 Å². The third kappa shape index (κ3) is 4.05. The van der Waals surface area contributed by atoms with Crippen LogP contribution in [0.3, 0.4) is 0 Å². The van der Waals surface area contributed by atoms with Gasteiger partial charge in [-0.25, -0.2) is 14.4 Å². The minimum absolute atomic E-state index is 0.0459. The van der Waals surface area contributed by atoms with Crippen molar-refractivity contribution in [1.82, 2.24) is 9.97 Å². The normalized spacial score (nSPS) is 13.7. The molecule has 0 spiro atoms. The quantitative estimate of drug-likeness (QED) is 0.890. The molecular weight excluding hydrogens is 293 g/mol. The molecule has 0 saturated carbocycles. The molecule has 0 fully saturated rings. The lowest BCUT2D eigenvalue weighted by Gasteiger charge is -2.35. The van der Waals surface area contributed by atoms with E-state index in [1.165, 1.54) is 6.07 Å². The number of aryl methyl sites for hydroxylation is 2. The molecule has 0 radical (unpaired) electrons. The van der Waals surface area contributed by atoms with E-state index in [4.69, 9.17) is 0 Å². The van der Waals surface area contributed by atoms with E-state index in [0.717, 1.165) is 22.8 Å². The van der Waals surface area contributed by atoms with Crippen molar-refractivity contribution in [2.45, 2.75) is 32.6 Å². The first kappa shape index (κ1) is 17.3. The van der Waals surface area contributed by atoms with Crippen LogP contribution in [-0.2, 0) is 5.41 Å². The Bertz CT molecular complexity index is 677. The van der Waals surface area contributed by atoms with Crippen LogP contribution in [0, 0.1) is 19.7 Å². The topological polar surface area (TPSA) is 49.2 Å². The van der Waals surface area contributed by atoms with Crippen LogP contribution in [-0.4, -0.2) is 35.3 Å². The Hall–Kier alpha value is -2.01. The molecule has 23 heavy (non-hydrogen) atoms. The van der Waals surface area contributed by atoms with E-state index in [1.807, 2.05) is 40.1 Å². The molecule has 4 nitrogen and oxygen atoms in total. The number of likely N-dealkylation sites (N-methyl/N-ethyl adjacent to an activating group) is 1. The van der Waals surface area contributed by atoms with Gasteiger partial charge in [0, 0.05) is 25.6 Å². The molecular formula is C18H24FN3O. The van der Waals surface area contributed by atoms with Crippen LogP contribution < -0.4 is 4.90 Å². The summed E-state index contributed by atoms with van der Waals surface area (Å²) in [7, 11) is 1.97. The third-order valence-electron chi connectivity index (χ3n) is 4.26. The van der Waals surface area contributed by atoms with Crippen LogP contribution >= 0.6 is 0 Å². The summed E-state index contributed by atoms with van der Waals surface area (Å²) in [5.41, 5.74) is 2.36. The number of aliphatic hydroxyl groups excluding tert-OH is 1. The average Bonchev–Trinajstić information content (AvgIpc) is 2.47. The third-order valence-corrected chi connectivity index (χ3v) is 4.26. The van der Waals surface area contributed by atoms with Gasteiger partial charge in [-0.15, -0.1) is 0 Å². The average molecular weight is 317 g/mol. The Balaban J connectivity index is 2.31. The number of benzene rings is 1. The van der Waals surface area contributed by atoms with Gasteiger partial charge in [-0.05, 0) is 38.0 Å². The van der Waals surface area contributed by atoms with Crippen molar-refractivity contribution in [2.75, 3.05) is 25.1 Å². The van der Waals surface area contributed by atoms with E-state index in [-0.39, 0.29) is 17.8 Å². The van der Waals surface area contributed by atoms with Gasteiger partial charge in [0.1, 0.15) is 11.6 Å². The number of aliphatic hydroxyl groups is 1. The molecule has 0 aliphatic carbocycles. The number of hydrogen-bond donors (Lipinski definition) is 1. The van der Waals surface area contributed by atoms with E-state index in [9.17, 15) is 9.50 Å². The second-order valence-electron chi connectivity index (χ2n) is 6.29. The SMILES string of the molecule is Cc1ncc(N(C)C[C@@](C)(CCO)c2cccc(F)c2)c(C)n1. The van der Waals surface area contributed by atoms with Crippen molar-refractivity contribution in [1.29, 1.82) is 0 Å². The molecule has 1 heterocycles. The maximum atomic E-state index is 13.6. The smallest absolute Gasteiger partial charge is 0.125 e. The highest BCUT2D eigenvalue weighted by Gasteiger charge is 2.29. The van der Waals surface area contributed by atoms with Crippen LogP contribution in [0.15, 0.2) is 30.5 Å². The summed E-state index contributed by atoms with van der Waals surface area (Å²) in [4.78, 5) is 10.7. The zero-order valence-electron chi connectivity index (χ0n) is 14.2. The van der Waals surface area contributed by atoms with E-state index in [0.29, 0.717) is 13.0 Å². The Morgan fingerprint density at radius 2 is 2.04 bits per heavy atom. The fourth-order valence-corrected chi connectivity index (χ4v) is 2.99. The summed E-state index contributed by atoms with van der Waals surface area (Å²) < 4.78 is 13.6. The standard InChI is InChI=1S/C18H24FN3O/c1-13-17(11-20-14(2)21-13)22(4)12-18(3,8-9-23)15-6-5-7-16(19)10-15/h5-7,10-11,23H,8-9,12H2,1-4H3/t18-/m1/s1. The monoisotopic (exact) mass is 317 g/mol. The molecule has 0 aliphatic heterocycles. The number of aromatic nitrogens is 2. The number of rotatable bonds is 6. The number of hydrogen-bond acceptors (Lipinski definition) is 4. The summed E-state index contributed by atoms with van der Waals surface area (Å²) in [5.74, 6) is 0.479. The highest BCUT2D eigenvalue weighted by Crippen LogP contribution is 2.31. The van der Waals surface area contributed by atoms with Crippen LogP contribution in [0.2, 0.25) is 0 Å². The predicted molar refractivity (Wildman–Crippen MR) is 90.2 cm³/mol. The van der Waals surface area contributed by atoms with Crippen molar-refractivity contribution in [3.8, 4) is 0 Å². The molecule has 2 aromatic rings. The molecule has 0 bridgehead atoms. The zero-order chi connectivity index (χ0) is 17.0. The van der Waals surface area contributed by atoms with Crippen LogP contribution in [0.25, 0.3) is 0 Å². The van der Waals surface area contributed by atoms with Crippen LogP contribution in [0.1, 0.15) is 30.4 Å². The summed E-state index contributed by atoms with van der Waals surface area (Å²) in [5, 5.41) is 9.47. The largest absolute Gasteiger partial charge is 0.396 e. The minimum atomic E-state index is -0.372.